The van der Waals surface area contributed by atoms with Crippen molar-refractivity contribution in [3.05, 3.63) is 35.4 Å². The van der Waals surface area contributed by atoms with Crippen LogP contribution in [0.25, 0.3) is 22.6 Å². The molecule has 18 heavy (non-hydrogen) atoms. The van der Waals surface area contributed by atoms with E-state index in [1.54, 1.807) is 24.3 Å². The highest BCUT2D eigenvalue weighted by Crippen LogP contribution is 2.30. The molecule has 2 aromatic heterocycles. The first-order chi connectivity index (χ1) is 8.63. The summed E-state index contributed by atoms with van der Waals surface area (Å²) in [6.07, 6.45) is 0. The minimum absolute atomic E-state index is 0.103. The SMILES string of the molecule is Nc1ccc2[nH]c(-c3cc(Cl)ccc3O)nc2n1. The second-order valence-electron chi connectivity index (χ2n) is 3.85. The van der Waals surface area contributed by atoms with Crippen molar-refractivity contribution < 1.29 is 5.11 Å². The van der Waals surface area contributed by atoms with Crippen LogP contribution < -0.4 is 5.73 Å². The van der Waals surface area contributed by atoms with Gasteiger partial charge in [0.15, 0.2) is 5.65 Å². The zero-order valence-electron chi connectivity index (χ0n) is 9.18. The number of benzene rings is 1. The predicted octanol–water partition coefficient (Wildman–Crippen LogP) is 2.57. The zero-order chi connectivity index (χ0) is 12.7. The molecule has 0 radical (unpaired) electrons. The molecule has 0 aliphatic carbocycles. The molecule has 1 aromatic carbocycles. The van der Waals surface area contributed by atoms with Crippen molar-refractivity contribution in [3.63, 3.8) is 0 Å². The summed E-state index contributed by atoms with van der Waals surface area (Å²) in [5.41, 5.74) is 7.37. The number of nitrogen functional groups attached to an aromatic ring is 1. The third kappa shape index (κ3) is 1.74. The molecule has 0 aliphatic rings. The summed E-state index contributed by atoms with van der Waals surface area (Å²) in [5.74, 6) is 1.00. The van der Waals surface area contributed by atoms with Gasteiger partial charge in [-0.25, -0.2) is 9.97 Å². The standard InChI is InChI=1S/C12H9ClN4O/c13-6-1-3-9(18)7(5-6)11-15-8-2-4-10(14)16-12(8)17-11/h1-5,18H,(H3,14,15,16,17). The molecular weight excluding hydrogens is 252 g/mol. The lowest BCUT2D eigenvalue weighted by molar-refractivity contribution is 0.477. The van der Waals surface area contributed by atoms with Gasteiger partial charge >= 0.3 is 0 Å². The third-order valence-electron chi connectivity index (χ3n) is 2.58. The van der Waals surface area contributed by atoms with E-state index in [9.17, 15) is 5.11 Å². The molecular formula is C12H9ClN4O. The first-order valence-corrected chi connectivity index (χ1v) is 5.62. The summed E-state index contributed by atoms with van der Waals surface area (Å²) in [6.45, 7) is 0. The first kappa shape index (κ1) is 10.9. The predicted molar refractivity (Wildman–Crippen MR) is 70.4 cm³/mol. The van der Waals surface area contributed by atoms with Crippen LogP contribution in [0.4, 0.5) is 5.82 Å². The number of rotatable bonds is 1. The number of nitrogens with zero attached hydrogens (tertiary/aromatic N) is 2. The molecule has 0 atom stereocenters. The van der Waals surface area contributed by atoms with Crippen molar-refractivity contribution in [1.82, 2.24) is 15.0 Å². The molecule has 4 N–H and O–H groups in total. The number of halogens is 1. The Kier molecular flexibility index (Phi) is 2.34. The summed E-state index contributed by atoms with van der Waals surface area (Å²) < 4.78 is 0. The maximum atomic E-state index is 9.80. The third-order valence-corrected chi connectivity index (χ3v) is 2.82. The number of aromatic amines is 1. The average molecular weight is 261 g/mol. The highest BCUT2D eigenvalue weighted by molar-refractivity contribution is 6.30. The number of nitrogens with two attached hydrogens (primary N) is 1. The van der Waals surface area contributed by atoms with E-state index in [-0.39, 0.29) is 5.75 Å². The maximum Gasteiger partial charge on any atom is 0.180 e. The summed E-state index contributed by atoms with van der Waals surface area (Å²) in [5, 5.41) is 10.3. The number of phenols is 1. The van der Waals surface area contributed by atoms with Gasteiger partial charge in [0.1, 0.15) is 17.4 Å². The number of H-pyrrole nitrogens is 1. The Balaban J connectivity index is 2.22. The number of pyridine rings is 1. The highest BCUT2D eigenvalue weighted by Gasteiger charge is 2.11. The lowest BCUT2D eigenvalue weighted by Crippen LogP contribution is -1.88. The number of anilines is 1. The lowest BCUT2D eigenvalue weighted by Gasteiger charge is -2.00. The Morgan fingerprint density at radius 2 is 2.00 bits per heavy atom. The van der Waals surface area contributed by atoms with Gasteiger partial charge in [0.25, 0.3) is 0 Å². The zero-order valence-corrected chi connectivity index (χ0v) is 9.94. The molecule has 2 heterocycles. The van der Waals surface area contributed by atoms with Gasteiger partial charge in [-0.3, -0.25) is 0 Å². The monoisotopic (exact) mass is 260 g/mol. The number of aromatic nitrogens is 3. The molecule has 0 saturated carbocycles. The normalized spacial score (nSPS) is 10.9. The molecule has 90 valence electrons. The van der Waals surface area contributed by atoms with Crippen LogP contribution in [0.3, 0.4) is 0 Å². The number of hydrogen-bond donors (Lipinski definition) is 3. The Morgan fingerprint density at radius 3 is 2.83 bits per heavy atom. The Bertz CT molecular complexity index is 738. The van der Waals surface area contributed by atoms with E-state index in [0.29, 0.717) is 27.9 Å². The van der Waals surface area contributed by atoms with E-state index in [1.807, 2.05) is 0 Å². The van der Waals surface area contributed by atoms with Crippen LogP contribution in [0, 0.1) is 0 Å². The minimum Gasteiger partial charge on any atom is -0.507 e. The molecule has 3 aromatic rings. The van der Waals surface area contributed by atoms with E-state index in [0.717, 1.165) is 5.52 Å². The van der Waals surface area contributed by atoms with Crippen LogP contribution in [0.15, 0.2) is 30.3 Å². The number of imidazole rings is 1. The van der Waals surface area contributed by atoms with Gasteiger partial charge in [0, 0.05) is 5.02 Å². The van der Waals surface area contributed by atoms with Crippen molar-refractivity contribution in [2.24, 2.45) is 0 Å². The van der Waals surface area contributed by atoms with Crippen LogP contribution in [-0.2, 0) is 0 Å². The summed E-state index contributed by atoms with van der Waals surface area (Å²) in [4.78, 5) is 11.4. The Hall–Kier alpha value is -2.27. The molecule has 0 unspecified atom stereocenters. The average Bonchev–Trinajstić information content (AvgIpc) is 2.74. The topological polar surface area (TPSA) is 87.8 Å². The van der Waals surface area contributed by atoms with Crippen molar-refractivity contribution >= 4 is 28.6 Å². The van der Waals surface area contributed by atoms with Gasteiger partial charge in [-0.2, -0.15) is 0 Å². The second-order valence-corrected chi connectivity index (χ2v) is 4.29. The van der Waals surface area contributed by atoms with Crippen LogP contribution >= 0.6 is 11.6 Å². The fourth-order valence-corrected chi connectivity index (χ4v) is 1.90. The molecule has 3 rings (SSSR count). The molecule has 6 heteroatoms. The number of hydrogen-bond acceptors (Lipinski definition) is 4. The number of phenolic OH excluding ortho intramolecular Hbond substituents is 1. The molecule has 0 bridgehead atoms. The van der Waals surface area contributed by atoms with Gasteiger partial charge in [-0.15, -0.1) is 0 Å². The molecule has 0 amide bonds. The summed E-state index contributed by atoms with van der Waals surface area (Å²) >= 11 is 5.90. The van der Waals surface area contributed by atoms with Crippen LogP contribution in [0.1, 0.15) is 0 Å². The van der Waals surface area contributed by atoms with Crippen molar-refractivity contribution in [2.75, 3.05) is 5.73 Å². The van der Waals surface area contributed by atoms with E-state index < -0.39 is 0 Å². The van der Waals surface area contributed by atoms with Gasteiger partial charge in [-0.1, -0.05) is 11.6 Å². The minimum atomic E-state index is 0.103. The Labute approximate surface area is 107 Å². The first-order valence-electron chi connectivity index (χ1n) is 5.24. The lowest BCUT2D eigenvalue weighted by atomic mass is 10.2. The molecule has 0 saturated heterocycles. The van der Waals surface area contributed by atoms with Crippen molar-refractivity contribution in [3.8, 4) is 17.1 Å². The van der Waals surface area contributed by atoms with Crippen molar-refractivity contribution in [1.29, 1.82) is 0 Å². The molecule has 0 fully saturated rings. The van der Waals surface area contributed by atoms with Crippen LogP contribution in [0.2, 0.25) is 5.02 Å². The van der Waals surface area contributed by atoms with E-state index in [2.05, 4.69) is 15.0 Å². The van der Waals surface area contributed by atoms with Gasteiger partial charge in [0.2, 0.25) is 0 Å². The van der Waals surface area contributed by atoms with Crippen LogP contribution in [-0.4, -0.2) is 20.1 Å². The quantitative estimate of drug-likeness (QED) is 0.627. The van der Waals surface area contributed by atoms with E-state index >= 15 is 0 Å². The molecule has 5 nitrogen and oxygen atoms in total. The number of nitrogens with one attached hydrogen (secondary N) is 1. The molecule has 0 aliphatic heterocycles. The number of fused-ring (bicyclic) bond motifs is 1. The van der Waals surface area contributed by atoms with E-state index in [4.69, 9.17) is 17.3 Å². The maximum absolute atomic E-state index is 9.80. The Morgan fingerprint density at radius 1 is 1.17 bits per heavy atom. The van der Waals surface area contributed by atoms with Crippen LogP contribution in [0.5, 0.6) is 5.75 Å². The second kappa shape index (κ2) is 3.89. The van der Waals surface area contributed by atoms with Gasteiger partial charge in [-0.05, 0) is 30.3 Å². The summed E-state index contributed by atoms with van der Waals surface area (Å²) in [6, 6.07) is 8.24. The van der Waals surface area contributed by atoms with Gasteiger partial charge in [0.05, 0.1) is 11.1 Å². The summed E-state index contributed by atoms with van der Waals surface area (Å²) in [7, 11) is 0. The van der Waals surface area contributed by atoms with E-state index in [1.165, 1.54) is 6.07 Å². The highest BCUT2D eigenvalue weighted by atomic mass is 35.5. The smallest absolute Gasteiger partial charge is 0.180 e. The largest absolute Gasteiger partial charge is 0.507 e. The number of aromatic hydroxyl groups is 1. The fourth-order valence-electron chi connectivity index (χ4n) is 1.73. The fraction of sp³-hybridized carbons (Fsp3) is 0. The van der Waals surface area contributed by atoms with Gasteiger partial charge < -0.3 is 15.8 Å². The van der Waals surface area contributed by atoms with Crippen molar-refractivity contribution in [2.45, 2.75) is 0 Å². The molecule has 0 spiro atoms.